The van der Waals surface area contributed by atoms with Crippen molar-refractivity contribution >= 4 is 17.3 Å². The smallest absolute Gasteiger partial charge is 0.0776 e. The summed E-state index contributed by atoms with van der Waals surface area (Å²) in [6.07, 6.45) is -0.534. The molecule has 2 nitrogen and oxygen atoms in total. The number of anilines is 1. The Kier molecular flexibility index (Phi) is 4.39. The first-order valence-electron chi connectivity index (χ1n) is 5.25. The van der Waals surface area contributed by atoms with Gasteiger partial charge in [-0.05, 0) is 31.5 Å². The van der Waals surface area contributed by atoms with Gasteiger partial charge in [-0.2, -0.15) is 0 Å². The Bertz CT molecular complexity index is 388. The molecular weight excluding hydrogens is 222 g/mol. The second-order valence-corrected chi connectivity index (χ2v) is 4.60. The van der Waals surface area contributed by atoms with Gasteiger partial charge >= 0.3 is 0 Å². The van der Waals surface area contributed by atoms with Crippen LogP contribution in [0.15, 0.2) is 30.4 Å². The van der Waals surface area contributed by atoms with E-state index in [9.17, 15) is 5.11 Å². The molecule has 3 heteroatoms. The third kappa shape index (κ3) is 3.26. The summed E-state index contributed by atoms with van der Waals surface area (Å²) in [7, 11) is 1.99. The van der Waals surface area contributed by atoms with Gasteiger partial charge in [0.25, 0.3) is 0 Å². The van der Waals surface area contributed by atoms with E-state index in [4.69, 9.17) is 11.6 Å². The van der Waals surface area contributed by atoms with Crippen molar-refractivity contribution in [2.45, 2.75) is 20.0 Å². The van der Waals surface area contributed by atoms with Gasteiger partial charge in [-0.25, -0.2) is 0 Å². The molecule has 1 aromatic rings. The first-order valence-corrected chi connectivity index (χ1v) is 5.62. The van der Waals surface area contributed by atoms with E-state index in [1.807, 2.05) is 32.2 Å². The molecule has 1 unspecified atom stereocenters. The Hall–Kier alpha value is -0.990. The van der Waals surface area contributed by atoms with E-state index in [1.165, 1.54) is 0 Å². The minimum absolute atomic E-state index is 0.534. The number of halogens is 1. The molecule has 88 valence electrons. The fraction of sp³-hybridized carbons (Fsp3) is 0.385. The highest BCUT2D eigenvalue weighted by Gasteiger charge is 2.08. The van der Waals surface area contributed by atoms with Crippen molar-refractivity contribution in [3.8, 4) is 0 Å². The van der Waals surface area contributed by atoms with E-state index in [0.29, 0.717) is 5.02 Å². The van der Waals surface area contributed by atoms with Crippen LogP contribution in [0, 0.1) is 0 Å². The fourth-order valence-electron chi connectivity index (χ4n) is 1.59. The van der Waals surface area contributed by atoms with E-state index >= 15 is 0 Å². The summed E-state index contributed by atoms with van der Waals surface area (Å²) in [5, 5.41) is 10.1. The minimum atomic E-state index is -0.534. The summed E-state index contributed by atoms with van der Waals surface area (Å²) in [6, 6.07) is 5.68. The summed E-state index contributed by atoms with van der Waals surface area (Å²) in [5.74, 6) is 0. The highest BCUT2D eigenvalue weighted by Crippen LogP contribution is 2.27. The quantitative estimate of drug-likeness (QED) is 0.814. The summed E-state index contributed by atoms with van der Waals surface area (Å²) in [4.78, 5) is 2.07. The molecule has 0 spiro atoms. The van der Waals surface area contributed by atoms with Gasteiger partial charge in [0, 0.05) is 24.3 Å². The molecule has 1 aromatic carbocycles. The molecule has 0 saturated heterocycles. The molecule has 0 aliphatic rings. The van der Waals surface area contributed by atoms with E-state index in [1.54, 1.807) is 6.92 Å². The molecule has 0 radical (unpaired) electrons. The van der Waals surface area contributed by atoms with Crippen LogP contribution in [0.25, 0.3) is 0 Å². The van der Waals surface area contributed by atoms with Crippen LogP contribution in [0.2, 0.25) is 5.02 Å². The van der Waals surface area contributed by atoms with E-state index in [2.05, 4.69) is 11.5 Å². The molecule has 16 heavy (non-hydrogen) atoms. The lowest BCUT2D eigenvalue weighted by Gasteiger charge is -2.20. The predicted octanol–water partition coefficient (Wildman–Crippen LogP) is 3.41. The van der Waals surface area contributed by atoms with Gasteiger partial charge in [0.15, 0.2) is 0 Å². The van der Waals surface area contributed by atoms with E-state index in [0.717, 1.165) is 23.4 Å². The second-order valence-electron chi connectivity index (χ2n) is 4.19. The van der Waals surface area contributed by atoms with Crippen molar-refractivity contribution < 1.29 is 5.11 Å². The first-order chi connectivity index (χ1) is 7.41. The Morgan fingerprint density at radius 3 is 2.62 bits per heavy atom. The molecule has 0 bridgehead atoms. The maximum Gasteiger partial charge on any atom is 0.0776 e. The molecule has 0 heterocycles. The summed E-state index contributed by atoms with van der Waals surface area (Å²) < 4.78 is 0. The fourth-order valence-corrected chi connectivity index (χ4v) is 1.92. The number of nitrogens with zero attached hydrogens (tertiary/aromatic N) is 1. The maximum absolute atomic E-state index is 9.47. The molecule has 0 aromatic heterocycles. The molecule has 0 saturated carbocycles. The topological polar surface area (TPSA) is 23.5 Å². The zero-order valence-electron chi connectivity index (χ0n) is 10.00. The van der Waals surface area contributed by atoms with Gasteiger partial charge in [-0.15, -0.1) is 0 Å². The van der Waals surface area contributed by atoms with Crippen LogP contribution in [-0.2, 0) is 0 Å². The lowest BCUT2D eigenvalue weighted by molar-refractivity contribution is 0.199. The summed E-state index contributed by atoms with van der Waals surface area (Å²) in [5.41, 5.74) is 2.88. The third-order valence-corrected chi connectivity index (χ3v) is 2.71. The average Bonchev–Trinajstić information content (AvgIpc) is 2.15. The molecule has 1 atom stereocenters. The SMILES string of the molecule is C=C(C)CN(C)c1ccc(C(C)O)c(Cl)c1. The number of rotatable bonds is 4. The van der Waals surface area contributed by atoms with Gasteiger partial charge in [-0.3, -0.25) is 0 Å². The van der Waals surface area contributed by atoms with Crippen molar-refractivity contribution in [2.75, 3.05) is 18.5 Å². The molecular formula is C13H18ClNO. The van der Waals surface area contributed by atoms with E-state index in [-0.39, 0.29) is 0 Å². The zero-order chi connectivity index (χ0) is 12.3. The van der Waals surface area contributed by atoms with E-state index < -0.39 is 6.10 Å². The van der Waals surface area contributed by atoms with Crippen LogP contribution in [-0.4, -0.2) is 18.7 Å². The second kappa shape index (κ2) is 5.37. The summed E-state index contributed by atoms with van der Waals surface area (Å²) in [6.45, 7) is 8.37. The standard InChI is InChI=1S/C13H18ClNO/c1-9(2)8-15(4)11-5-6-12(10(3)16)13(14)7-11/h5-7,10,16H,1,8H2,2-4H3. The molecule has 0 fully saturated rings. The number of likely N-dealkylation sites (N-methyl/N-ethyl adjacent to an activating group) is 1. The van der Waals surface area contributed by atoms with Crippen molar-refractivity contribution in [1.82, 2.24) is 0 Å². The lowest BCUT2D eigenvalue weighted by Crippen LogP contribution is -2.18. The van der Waals surface area contributed by atoms with Gasteiger partial charge in [0.2, 0.25) is 0 Å². The molecule has 1 N–H and O–H groups in total. The summed E-state index contributed by atoms with van der Waals surface area (Å²) >= 11 is 6.10. The zero-order valence-corrected chi connectivity index (χ0v) is 10.8. The molecule has 0 aliphatic carbocycles. The molecule has 0 aliphatic heterocycles. The number of aliphatic hydroxyl groups excluding tert-OH is 1. The monoisotopic (exact) mass is 239 g/mol. The Morgan fingerprint density at radius 2 is 2.19 bits per heavy atom. The normalized spacial score (nSPS) is 12.3. The highest BCUT2D eigenvalue weighted by atomic mass is 35.5. The first kappa shape index (κ1) is 13.1. The van der Waals surface area contributed by atoms with Crippen LogP contribution < -0.4 is 4.90 Å². The van der Waals surface area contributed by atoms with Crippen LogP contribution in [0.3, 0.4) is 0 Å². The van der Waals surface area contributed by atoms with Crippen LogP contribution >= 0.6 is 11.6 Å². The van der Waals surface area contributed by atoms with Crippen LogP contribution in [0.4, 0.5) is 5.69 Å². The van der Waals surface area contributed by atoms with Crippen molar-refractivity contribution in [3.63, 3.8) is 0 Å². The largest absolute Gasteiger partial charge is 0.389 e. The number of hydrogen-bond acceptors (Lipinski definition) is 2. The number of hydrogen-bond donors (Lipinski definition) is 1. The Balaban J connectivity index is 2.92. The van der Waals surface area contributed by atoms with Crippen LogP contribution in [0.5, 0.6) is 0 Å². The lowest BCUT2D eigenvalue weighted by atomic mass is 10.1. The van der Waals surface area contributed by atoms with Crippen molar-refractivity contribution in [2.24, 2.45) is 0 Å². The van der Waals surface area contributed by atoms with Crippen molar-refractivity contribution in [1.29, 1.82) is 0 Å². The maximum atomic E-state index is 9.47. The predicted molar refractivity (Wildman–Crippen MR) is 70.2 cm³/mol. The molecule has 0 amide bonds. The Morgan fingerprint density at radius 1 is 1.56 bits per heavy atom. The molecule has 1 rings (SSSR count). The number of benzene rings is 1. The minimum Gasteiger partial charge on any atom is -0.389 e. The van der Waals surface area contributed by atoms with Gasteiger partial charge < -0.3 is 10.0 Å². The average molecular weight is 240 g/mol. The third-order valence-electron chi connectivity index (χ3n) is 2.38. The van der Waals surface area contributed by atoms with Crippen LogP contribution in [0.1, 0.15) is 25.5 Å². The van der Waals surface area contributed by atoms with Gasteiger partial charge in [0.1, 0.15) is 0 Å². The Labute approximate surface area is 102 Å². The highest BCUT2D eigenvalue weighted by molar-refractivity contribution is 6.31. The van der Waals surface area contributed by atoms with Crippen molar-refractivity contribution in [3.05, 3.63) is 40.9 Å². The number of aliphatic hydroxyl groups is 1. The van der Waals surface area contributed by atoms with Gasteiger partial charge in [-0.1, -0.05) is 29.8 Å². The van der Waals surface area contributed by atoms with Gasteiger partial charge in [0.05, 0.1) is 6.10 Å².